The lowest BCUT2D eigenvalue weighted by Crippen LogP contribution is -1.96. The summed E-state index contributed by atoms with van der Waals surface area (Å²) in [6.45, 7) is 2.24. The molecule has 0 amide bonds. The van der Waals surface area contributed by atoms with Gasteiger partial charge < -0.3 is 15.0 Å². The highest BCUT2D eigenvalue weighted by Crippen LogP contribution is 2.24. The largest absolute Gasteiger partial charge is 0.484 e. The van der Waals surface area contributed by atoms with Gasteiger partial charge in [-0.3, -0.25) is 0 Å². The number of ether oxygens (including phenoxy) is 1. The Hall–Kier alpha value is -2.34. The fourth-order valence-electron chi connectivity index (χ4n) is 1.76. The van der Waals surface area contributed by atoms with E-state index in [1.807, 2.05) is 24.4 Å². The van der Waals surface area contributed by atoms with Crippen molar-refractivity contribution in [2.24, 2.45) is 0 Å². The molecule has 0 unspecified atom stereocenters. The average molecular weight is 287 g/mol. The van der Waals surface area contributed by atoms with E-state index >= 15 is 0 Å². The van der Waals surface area contributed by atoms with Gasteiger partial charge in [-0.15, -0.1) is 0 Å². The van der Waals surface area contributed by atoms with Gasteiger partial charge in [0, 0.05) is 22.7 Å². The smallest absolute Gasteiger partial charge is 0.264 e. The molecule has 0 aliphatic heterocycles. The van der Waals surface area contributed by atoms with E-state index in [-0.39, 0.29) is 6.61 Å². The van der Waals surface area contributed by atoms with Crippen molar-refractivity contribution in [2.45, 2.75) is 13.5 Å². The minimum absolute atomic E-state index is 0.222. The van der Waals surface area contributed by atoms with Gasteiger partial charge in [0.2, 0.25) is 5.82 Å². The highest BCUT2D eigenvalue weighted by molar-refractivity contribution is 7.08. The van der Waals surface area contributed by atoms with Crippen LogP contribution in [0.4, 0.5) is 5.69 Å². The molecule has 0 aliphatic carbocycles. The van der Waals surface area contributed by atoms with Gasteiger partial charge in [-0.1, -0.05) is 11.2 Å². The molecule has 3 rings (SSSR count). The van der Waals surface area contributed by atoms with Crippen LogP contribution in [0.3, 0.4) is 0 Å². The molecule has 2 heterocycles. The summed E-state index contributed by atoms with van der Waals surface area (Å²) in [5, 5.41) is 8.02. The Balaban J connectivity index is 1.70. The zero-order valence-corrected chi connectivity index (χ0v) is 11.7. The third-order valence-corrected chi connectivity index (χ3v) is 3.65. The van der Waals surface area contributed by atoms with Crippen LogP contribution in [0.15, 0.2) is 39.5 Å². The summed E-state index contributed by atoms with van der Waals surface area (Å²) in [6, 6.07) is 7.21. The van der Waals surface area contributed by atoms with Crippen molar-refractivity contribution >= 4 is 17.0 Å². The van der Waals surface area contributed by atoms with Crippen LogP contribution in [0.5, 0.6) is 5.75 Å². The quantitative estimate of drug-likeness (QED) is 0.745. The van der Waals surface area contributed by atoms with Crippen molar-refractivity contribution in [2.75, 3.05) is 5.73 Å². The SMILES string of the molecule is Cc1cscc1-c1noc(COc2cccc(N)c2)n1. The average Bonchev–Trinajstić information content (AvgIpc) is 3.05. The molecule has 0 bridgehead atoms. The van der Waals surface area contributed by atoms with Gasteiger partial charge in [-0.2, -0.15) is 16.3 Å². The second-order valence-corrected chi connectivity index (χ2v) is 5.08. The number of rotatable bonds is 4. The van der Waals surface area contributed by atoms with Crippen LogP contribution in [-0.2, 0) is 6.61 Å². The normalized spacial score (nSPS) is 10.7. The Kier molecular flexibility index (Phi) is 3.39. The van der Waals surface area contributed by atoms with E-state index < -0.39 is 0 Å². The molecule has 0 spiro atoms. The summed E-state index contributed by atoms with van der Waals surface area (Å²) < 4.78 is 10.7. The van der Waals surface area contributed by atoms with Crippen LogP contribution in [0.2, 0.25) is 0 Å². The number of nitrogen functional groups attached to an aromatic ring is 1. The summed E-state index contributed by atoms with van der Waals surface area (Å²) in [5.41, 5.74) is 8.47. The first-order valence-corrected chi connectivity index (χ1v) is 7.01. The van der Waals surface area contributed by atoms with Crippen molar-refractivity contribution in [3.8, 4) is 17.1 Å². The highest BCUT2D eigenvalue weighted by Gasteiger charge is 2.11. The molecule has 2 N–H and O–H groups in total. The first-order chi connectivity index (χ1) is 9.72. The molecule has 0 saturated heterocycles. The van der Waals surface area contributed by atoms with Gasteiger partial charge in [-0.25, -0.2) is 0 Å². The summed E-state index contributed by atoms with van der Waals surface area (Å²) in [5.74, 6) is 1.71. The molecule has 3 aromatic rings. The van der Waals surface area contributed by atoms with Gasteiger partial charge in [0.05, 0.1) is 0 Å². The minimum atomic E-state index is 0.222. The number of benzene rings is 1. The standard InChI is InChI=1S/C14H13N3O2S/c1-9-7-20-8-12(9)14-16-13(19-17-14)6-18-11-4-2-3-10(15)5-11/h2-5,7-8H,6,15H2,1H3. The molecule has 0 radical (unpaired) electrons. The maximum absolute atomic E-state index is 5.68. The van der Waals surface area contributed by atoms with Crippen LogP contribution < -0.4 is 10.5 Å². The number of nitrogens with zero attached hydrogens (tertiary/aromatic N) is 2. The van der Waals surface area contributed by atoms with E-state index in [9.17, 15) is 0 Å². The Bertz CT molecular complexity index is 721. The van der Waals surface area contributed by atoms with Crippen molar-refractivity contribution in [1.29, 1.82) is 0 Å². The van der Waals surface area contributed by atoms with Crippen LogP contribution in [0.25, 0.3) is 11.4 Å². The maximum Gasteiger partial charge on any atom is 0.264 e. The Morgan fingerprint density at radius 1 is 1.35 bits per heavy atom. The molecule has 20 heavy (non-hydrogen) atoms. The summed E-state index contributed by atoms with van der Waals surface area (Å²) in [7, 11) is 0. The molecular weight excluding hydrogens is 274 g/mol. The molecule has 0 saturated carbocycles. The van der Waals surface area contributed by atoms with Gasteiger partial charge in [0.25, 0.3) is 5.89 Å². The molecule has 1 aromatic carbocycles. The van der Waals surface area contributed by atoms with Crippen molar-refractivity contribution in [3.05, 3.63) is 46.5 Å². The second-order valence-electron chi connectivity index (χ2n) is 4.34. The molecule has 0 fully saturated rings. The van der Waals surface area contributed by atoms with E-state index in [2.05, 4.69) is 15.5 Å². The maximum atomic E-state index is 5.68. The Labute approximate surface area is 120 Å². The predicted octanol–water partition coefficient (Wildman–Crippen LogP) is 3.27. The number of thiophene rings is 1. The lowest BCUT2D eigenvalue weighted by Gasteiger charge is -2.03. The Morgan fingerprint density at radius 3 is 3.00 bits per heavy atom. The lowest BCUT2D eigenvalue weighted by molar-refractivity contribution is 0.243. The van der Waals surface area contributed by atoms with Crippen LogP contribution >= 0.6 is 11.3 Å². The topological polar surface area (TPSA) is 74.2 Å². The summed E-state index contributed by atoms with van der Waals surface area (Å²) in [6.07, 6.45) is 0. The molecule has 0 aliphatic rings. The van der Waals surface area contributed by atoms with E-state index in [4.69, 9.17) is 15.0 Å². The summed E-state index contributed by atoms with van der Waals surface area (Å²) in [4.78, 5) is 4.32. The molecule has 102 valence electrons. The molecule has 6 heteroatoms. The van der Waals surface area contributed by atoms with Gasteiger partial charge in [0.15, 0.2) is 6.61 Å². The van der Waals surface area contributed by atoms with Crippen molar-refractivity contribution in [1.82, 2.24) is 10.1 Å². The first kappa shape index (κ1) is 12.7. The molecular formula is C14H13N3O2S. The first-order valence-electron chi connectivity index (χ1n) is 6.06. The van der Waals surface area contributed by atoms with Crippen LogP contribution in [0.1, 0.15) is 11.5 Å². The molecule has 2 aromatic heterocycles. The van der Waals surface area contributed by atoms with Crippen molar-refractivity contribution < 1.29 is 9.26 Å². The third kappa shape index (κ3) is 2.65. The van der Waals surface area contributed by atoms with E-state index in [0.717, 1.165) is 11.1 Å². The number of anilines is 1. The monoisotopic (exact) mass is 287 g/mol. The second kappa shape index (κ2) is 5.34. The van der Waals surface area contributed by atoms with E-state index in [1.165, 1.54) is 0 Å². The van der Waals surface area contributed by atoms with Crippen LogP contribution in [-0.4, -0.2) is 10.1 Å². The molecule has 0 atom stereocenters. The van der Waals surface area contributed by atoms with E-state index in [1.54, 1.807) is 23.5 Å². The minimum Gasteiger partial charge on any atom is -0.484 e. The van der Waals surface area contributed by atoms with Crippen molar-refractivity contribution in [3.63, 3.8) is 0 Å². The van der Waals surface area contributed by atoms with Gasteiger partial charge in [0.1, 0.15) is 5.75 Å². The van der Waals surface area contributed by atoms with Gasteiger partial charge in [-0.05, 0) is 30.0 Å². The molecule has 5 nitrogen and oxygen atoms in total. The fourth-order valence-corrected chi connectivity index (χ4v) is 2.59. The van der Waals surface area contributed by atoms with Gasteiger partial charge >= 0.3 is 0 Å². The number of aromatic nitrogens is 2. The number of nitrogens with two attached hydrogens (primary N) is 1. The summed E-state index contributed by atoms with van der Waals surface area (Å²) >= 11 is 1.62. The number of aryl methyl sites for hydroxylation is 1. The Morgan fingerprint density at radius 2 is 2.25 bits per heavy atom. The highest BCUT2D eigenvalue weighted by atomic mass is 32.1. The zero-order valence-electron chi connectivity index (χ0n) is 10.9. The van der Waals surface area contributed by atoms with E-state index in [0.29, 0.717) is 23.2 Å². The predicted molar refractivity (Wildman–Crippen MR) is 77.5 cm³/mol. The van der Waals surface area contributed by atoms with Crippen LogP contribution in [0, 0.1) is 6.92 Å². The number of hydrogen-bond donors (Lipinski definition) is 1. The fraction of sp³-hybridized carbons (Fsp3) is 0.143. The number of hydrogen-bond acceptors (Lipinski definition) is 6. The zero-order chi connectivity index (χ0) is 13.9. The third-order valence-electron chi connectivity index (χ3n) is 2.78. The lowest BCUT2D eigenvalue weighted by atomic mass is 10.2.